The Kier molecular flexibility index (Phi) is 6.34. The fourth-order valence-corrected chi connectivity index (χ4v) is 3.42. The second-order valence-corrected chi connectivity index (χ2v) is 7.38. The average Bonchev–Trinajstić information content (AvgIpc) is 3.26. The van der Waals surface area contributed by atoms with Gasteiger partial charge in [-0.25, -0.2) is 0 Å². The maximum absolute atomic E-state index is 12.1. The molecule has 0 saturated carbocycles. The number of rotatable bonds is 8. The number of benzene rings is 1. The number of aryl methyl sites for hydroxylation is 1. The van der Waals surface area contributed by atoms with Gasteiger partial charge in [0.1, 0.15) is 5.76 Å². The Labute approximate surface area is 163 Å². The molecule has 3 rings (SSSR count). The topological polar surface area (TPSA) is 73.0 Å². The molecule has 2 heterocycles. The Bertz CT molecular complexity index is 889. The van der Waals surface area contributed by atoms with Crippen LogP contribution in [-0.2, 0) is 11.3 Å². The van der Waals surface area contributed by atoms with E-state index in [2.05, 4.69) is 27.6 Å². The van der Waals surface area contributed by atoms with E-state index in [1.165, 1.54) is 11.8 Å². The molecule has 1 aromatic carbocycles. The van der Waals surface area contributed by atoms with Crippen LogP contribution in [-0.4, -0.2) is 32.5 Å². The highest BCUT2D eigenvalue weighted by molar-refractivity contribution is 7.99. The van der Waals surface area contributed by atoms with Gasteiger partial charge >= 0.3 is 0 Å². The SMILES string of the molecule is CCC(C)NC(=O)CSc1nnc(-c2ccoc2C)n1Cc1ccccc1. The number of nitrogens with zero attached hydrogens (tertiary/aromatic N) is 3. The summed E-state index contributed by atoms with van der Waals surface area (Å²) in [5, 5.41) is 12.4. The first-order chi connectivity index (χ1) is 13.1. The third-order valence-corrected chi connectivity index (χ3v) is 5.32. The van der Waals surface area contributed by atoms with Crippen LogP contribution in [0.4, 0.5) is 0 Å². The number of hydrogen-bond acceptors (Lipinski definition) is 5. The Morgan fingerprint density at radius 2 is 2.04 bits per heavy atom. The number of hydrogen-bond donors (Lipinski definition) is 1. The zero-order valence-corrected chi connectivity index (χ0v) is 16.6. The van der Waals surface area contributed by atoms with Crippen LogP contribution >= 0.6 is 11.8 Å². The fourth-order valence-electron chi connectivity index (χ4n) is 2.67. The number of amides is 1. The standard InChI is InChI=1S/C20H24N4O2S/c1-4-14(2)21-18(25)13-27-20-23-22-19(17-10-11-26-15(17)3)24(20)12-16-8-6-5-7-9-16/h5-11,14H,4,12-13H2,1-3H3,(H,21,25). The molecule has 7 heteroatoms. The smallest absolute Gasteiger partial charge is 0.230 e. The van der Waals surface area contributed by atoms with Gasteiger partial charge in [0, 0.05) is 6.04 Å². The first-order valence-electron chi connectivity index (χ1n) is 9.02. The van der Waals surface area contributed by atoms with E-state index >= 15 is 0 Å². The molecule has 3 aromatic rings. The van der Waals surface area contributed by atoms with Crippen LogP contribution in [0.5, 0.6) is 0 Å². The monoisotopic (exact) mass is 384 g/mol. The Balaban J connectivity index is 1.84. The van der Waals surface area contributed by atoms with Crippen molar-refractivity contribution in [3.05, 3.63) is 54.0 Å². The predicted molar refractivity (Wildman–Crippen MR) is 107 cm³/mol. The van der Waals surface area contributed by atoms with Gasteiger partial charge in [-0.15, -0.1) is 10.2 Å². The predicted octanol–water partition coefficient (Wildman–Crippen LogP) is 3.90. The number of nitrogens with one attached hydrogen (secondary N) is 1. The highest BCUT2D eigenvalue weighted by Gasteiger charge is 2.19. The molecule has 1 atom stereocenters. The number of carbonyl (C=O) groups excluding carboxylic acids is 1. The van der Waals surface area contributed by atoms with Gasteiger partial charge < -0.3 is 9.73 Å². The van der Waals surface area contributed by atoms with Crippen LogP contribution in [0.15, 0.2) is 52.2 Å². The lowest BCUT2D eigenvalue weighted by Crippen LogP contribution is -2.33. The Morgan fingerprint density at radius 1 is 1.26 bits per heavy atom. The van der Waals surface area contributed by atoms with Crippen molar-refractivity contribution < 1.29 is 9.21 Å². The number of aromatic nitrogens is 3. The third-order valence-electron chi connectivity index (χ3n) is 4.35. The highest BCUT2D eigenvalue weighted by Crippen LogP contribution is 2.27. The minimum absolute atomic E-state index is 0.00431. The van der Waals surface area contributed by atoms with Gasteiger partial charge in [0.2, 0.25) is 5.91 Å². The Morgan fingerprint density at radius 3 is 2.70 bits per heavy atom. The lowest BCUT2D eigenvalue weighted by Gasteiger charge is -2.12. The zero-order chi connectivity index (χ0) is 19.2. The molecule has 142 valence electrons. The summed E-state index contributed by atoms with van der Waals surface area (Å²) in [5.41, 5.74) is 2.06. The van der Waals surface area contributed by atoms with Crippen LogP contribution in [0.25, 0.3) is 11.4 Å². The van der Waals surface area contributed by atoms with E-state index in [0.29, 0.717) is 17.5 Å². The quantitative estimate of drug-likeness (QED) is 0.596. The first kappa shape index (κ1) is 19.2. The fraction of sp³-hybridized carbons (Fsp3) is 0.350. The number of thioether (sulfide) groups is 1. The lowest BCUT2D eigenvalue weighted by atomic mass is 10.2. The number of furan rings is 1. The maximum Gasteiger partial charge on any atom is 0.230 e. The molecule has 0 saturated heterocycles. The van der Waals surface area contributed by atoms with Crippen molar-refractivity contribution in [2.45, 2.75) is 44.9 Å². The Hall–Kier alpha value is -2.54. The van der Waals surface area contributed by atoms with E-state index < -0.39 is 0 Å². The minimum atomic E-state index is 0.00431. The molecule has 0 aliphatic heterocycles. The molecule has 1 unspecified atom stereocenters. The zero-order valence-electron chi connectivity index (χ0n) is 15.8. The second kappa shape index (κ2) is 8.90. The molecule has 0 spiro atoms. The van der Waals surface area contributed by atoms with Crippen molar-refractivity contribution in [2.24, 2.45) is 0 Å². The summed E-state index contributed by atoms with van der Waals surface area (Å²) in [7, 11) is 0. The van der Waals surface area contributed by atoms with E-state index in [-0.39, 0.29) is 11.9 Å². The van der Waals surface area contributed by atoms with E-state index in [1.807, 2.05) is 49.6 Å². The molecule has 0 aliphatic rings. The van der Waals surface area contributed by atoms with Crippen molar-refractivity contribution >= 4 is 17.7 Å². The van der Waals surface area contributed by atoms with Crippen molar-refractivity contribution in [3.8, 4) is 11.4 Å². The summed E-state index contributed by atoms with van der Waals surface area (Å²) >= 11 is 1.40. The normalized spacial score (nSPS) is 12.1. The van der Waals surface area contributed by atoms with E-state index in [4.69, 9.17) is 4.42 Å². The van der Waals surface area contributed by atoms with Gasteiger partial charge in [-0.05, 0) is 31.9 Å². The summed E-state index contributed by atoms with van der Waals surface area (Å²) in [6, 6.07) is 12.2. The second-order valence-electron chi connectivity index (χ2n) is 6.43. The molecule has 2 aromatic heterocycles. The summed E-state index contributed by atoms with van der Waals surface area (Å²) in [4.78, 5) is 12.1. The maximum atomic E-state index is 12.1. The third kappa shape index (κ3) is 4.80. The summed E-state index contributed by atoms with van der Waals surface area (Å²) in [6.45, 7) is 6.58. The molecular formula is C20H24N4O2S. The highest BCUT2D eigenvalue weighted by atomic mass is 32.2. The van der Waals surface area contributed by atoms with Crippen molar-refractivity contribution in [2.75, 3.05) is 5.75 Å². The summed E-state index contributed by atoms with van der Waals surface area (Å²) in [6.07, 6.45) is 2.56. The van der Waals surface area contributed by atoms with E-state index in [0.717, 1.165) is 29.1 Å². The van der Waals surface area contributed by atoms with Gasteiger partial charge in [0.05, 0.1) is 24.1 Å². The van der Waals surface area contributed by atoms with Gasteiger partial charge in [0.25, 0.3) is 0 Å². The van der Waals surface area contributed by atoms with E-state index in [1.54, 1.807) is 6.26 Å². The van der Waals surface area contributed by atoms with Gasteiger partial charge in [-0.2, -0.15) is 0 Å². The lowest BCUT2D eigenvalue weighted by molar-refractivity contribution is -0.119. The summed E-state index contributed by atoms with van der Waals surface area (Å²) < 4.78 is 7.47. The van der Waals surface area contributed by atoms with Gasteiger partial charge in [-0.1, -0.05) is 49.0 Å². The molecule has 1 N–H and O–H groups in total. The molecule has 6 nitrogen and oxygen atoms in total. The minimum Gasteiger partial charge on any atom is -0.469 e. The van der Waals surface area contributed by atoms with Crippen molar-refractivity contribution in [3.63, 3.8) is 0 Å². The van der Waals surface area contributed by atoms with Crippen LogP contribution < -0.4 is 5.32 Å². The summed E-state index contributed by atoms with van der Waals surface area (Å²) in [5.74, 6) is 1.85. The molecule has 0 bridgehead atoms. The molecule has 1 amide bonds. The molecule has 27 heavy (non-hydrogen) atoms. The van der Waals surface area contributed by atoms with Crippen molar-refractivity contribution in [1.29, 1.82) is 0 Å². The number of carbonyl (C=O) groups is 1. The van der Waals surface area contributed by atoms with Gasteiger partial charge in [0.15, 0.2) is 11.0 Å². The van der Waals surface area contributed by atoms with Crippen LogP contribution in [0.3, 0.4) is 0 Å². The van der Waals surface area contributed by atoms with Crippen LogP contribution in [0.1, 0.15) is 31.6 Å². The van der Waals surface area contributed by atoms with Gasteiger partial charge in [-0.3, -0.25) is 9.36 Å². The first-order valence-corrected chi connectivity index (χ1v) is 10.0. The molecular weight excluding hydrogens is 360 g/mol. The van der Waals surface area contributed by atoms with Crippen molar-refractivity contribution in [1.82, 2.24) is 20.1 Å². The van der Waals surface area contributed by atoms with Crippen LogP contribution in [0.2, 0.25) is 0 Å². The largest absolute Gasteiger partial charge is 0.469 e. The molecule has 0 fully saturated rings. The van der Waals surface area contributed by atoms with Crippen LogP contribution in [0, 0.1) is 6.92 Å². The molecule has 0 radical (unpaired) electrons. The van der Waals surface area contributed by atoms with E-state index in [9.17, 15) is 4.79 Å². The molecule has 0 aliphatic carbocycles. The average molecular weight is 385 g/mol.